The highest BCUT2D eigenvalue weighted by Crippen LogP contribution is 2.12. The van der Waals surface area contributed by atoms with Crippen molar-refractivity contribution in [3.8, 4) is 0 Å². The molecule has 5 nitrogen and oxygen atoms in total. The molecule has 24 heavy (non-hydrogen) atoms. The van der Waals surface area contributed by atoms with Crippen molar-refractivity contribution < 1.29 is 19.4 Å². The zero-order valence-corrected chi connectivity index (χ0v) is 13.8. The Bertz CT molecular complexity index is 713. The van der Waals surface area contributed by atoms with Crippen molar-refractivity contribution in [1.29, 1.82) is 0 Å². The van der Waals surface area contributed by atoms with Crippen molar-refractivity contribution in [1.82, 2.24) is 5.32 Å². The predicted molar refractivity (Wildman–Crippen MR) is 90.8 cm³/mol. The Balaban J connectivity index is 1.93. The van der Waals surface area contributed by atoms with Crippen LogP contribution in [0.3, 0.4) is 0 Å². The van der Waals surface area contributed by atoms with Crippen LogP contribution in [0.1, 0.15) is 22.3 Å². The van der Waals surface area contributed by atoms with Gasteiger partial charge in [0.2, 0.25) is 0 Å². The average molecular weight is 327 g/mol. The van der Waals surface area contributed by atoms with Gasteiger partial charge in [-0.2, -0.15) is 0 Å². The lowest BCUT2D eigenvalue weighted by Gasteiger charge is -2.15. The third kappa shape index (κ3) is 5.12. The lowest BCUT2D eigenvalue weighted by molar-refractivity contribution is -0.139. The van der Waals surface area contributed by atoms with Crippen LogP contribution in [0.15, 0.2) is 48.5 Å². The highest BCUT2D eigenvalue weighted by molar-refractivity contribution is 5.80. The molecule has 0 radical (unpaired) electrons. The summed E-state index contributed by atoms with van der Waals surface area (Å²) < 4.78 is 5.08. The summed E-state index contributed by atoms with van der Waals surface area (Å²) in [6.07, 6.45) is -0.535. The number of nitrogens with one attached hydrogen (secondary N) is 1. The van der Waals surface area contributed by atoms with E-state index in [9.17, 15) is 14.7 Å². The topological polar surface area (TPSA) is 75.6 Å². The molecular formula is C19H21NO4. The molecule has 0 saturated carbocycles. The van der Waals surface area contributed by atoms with E-state index < -0.39 is 18.1 Å². The van der Waals surface area contributed by atoms with E-state index in [4.69, 9.17) is 4.74 Å². The number of carboxylic acid groups (broad SMARTS) is 1. The lowest BCUT2D eigenvalue weighted by Crippen LogP contribution is -2.42. The molecule has 0 heterocycles. The summed E-state index contributed by atoms with van der Waals surface area (Å²) in [5.41, 5.74) is 3.92. The van der Waals surface area contributed by atoms with E-state index in [-0.39, 0.29) is 13.0 Å². The number of carbonyl (C=O) groups is 2. The maximum absolute atomic E-state index is 11.8. The van der Waals surface area contributed by atoms with Crippen molar-refractivity contribution in [2.45, 2.75) is 32.9 Å². The summed E-state index contributed by atoms with van der Waals surface area (Å²) in [6.45, 7) is 4.06. The number of carbonyl (C=O) groups excluding carboxylic acids is 1. The van der Waals surface area contributed by atoms with Crippen LogP contribution >= 0.6 is 0 Å². The minimum atomic E-state index is -1.09. The molecule has 0 unspecified atom stereocenters. The molecule has 0 aliphatic carbocycles. The maximum Gasteiger partial charge on any atom is 0.408 e. The number of aliphatic carboxylic acids is 1. The highest BCUT2D eigenvalue weighted by atomic mass is 16.5. The molecule has 2 rings (SSSR count). The number of carboxylic acids is 1. The second kappa shape index (κ2) is 8.15. The number of hydrogen-bond donors (Lipinski definition) is 2. The Hall–Kier alpha value is -2.82. The largest absolute Gasteiger partial charge is 0.480 e. The Morgan fingerprint density at radius 1 is 1.04 bits per heavy atom. The summed E-state index contributed by atoms with van der Waals surface area (Å²) in [4.78, 5) is 23.2. The molecule has 0 aromatic heterocycles. The smallest absolute Gasteiger partial charge is 0.408 e. The molecule has 0 saturated heterocycles. The van der Waals surface area contributed by atoms with Gasteiger partial charge >= 0.3 is 12.1 Å². The fraction of sp³-hybridized carbons (Fsp3) is 0.263. The van der Waals surface area contributed by atoms with Crippen LogP contribution in [-0.4, -0.2) is 23.2 Å². The lowest BCUT2D eigenvalue weighted by atomic mass is 10.0. The number of rotatable bonds is 6. The number of benzene rings is 2. The molecule has 2 N–H and O–H groups in total. The fourth-order valence-corrected chi connectivity index (χ4v) is 2.27. The minimum absolute atomic E-state index is 0.0999. The van der Waals surface area contributed by atoms with Crippen LogP contribution in [0.2, 0.25) is 0 Å². The van der Waals surface area contributed by atoms with Crippen molar-refractivity contribution >= 4 is 12.1 Å². The molecule has 126 valence electrons. The zero-order chi connectivity index (χ0) is 17.5. The van der Waals surface area contributed by atoms with Crippen LogP contribution in [0.4, 0.5) is 4.79 Å². The molecule has 1 atom stereocenters. The first-order chi connectivity index (χ1) is 11.5. The number of alkyl carbamates (subject to hydrolysis) is 1. The Morgan fingerprint density at radius 2 is 1.75 bits per heavy atom. The first-order valence-corrected chi connectivity index (χ1v) is 7.72. The van der Waals surface area contributed by atoms with Gasteiger partial charge in [-0.05, 0) is 36.1 Å². The molecule has 0 bridgehead atoms. The fourth-order valence-electron chi connectivity index (χ4n) is 2.27. The molecule has 2 aromatic rings. The van der Waals surface area contributed by atoms with Gasteiger partial charge in [0.1, 0.15) is 12.6 Å². The van der Waals surface area contributed by atoms with E-state index in [0.29, 0.717) is 0 Å². The quantitative estimate of drug-likeness (QED) is 0.854. The van der Waals surface area contributed by atoms with Crippen LogP contribution in [-0.2, 0) is 22.6 Å². The van der Waals surface area contributed by atoms with Gasteiger partial charge in [-0.15, -0.1) is 0 Å². The SMILES string of the molecule is Cc1ccc(C[C@@H](NC(=O)OCc2ccccc2)C(=O)O)cc1C. The van der Waals surface area contributed by atoms with Crippen LogP contribution < -0.4 is 5.32 Å². The number of ether oxygens (including phenoxy) is 1. The highest BCUT2D eigenvalue weighted by Gasteiger charge is 2.21. The molecule has 0 aliphatic rings. The first-order valence-electron chi connectivity index (χ1n) is 7.72. The molecular weight excluding hydrogens is 306 g/mol. The van der Waals surface area contributed by atoms with Gasteiger partial charge in [-0.25, -0.2) is 9.59 Å². The van der Waals surface area contributed by atoms with E-state index in [1.807, 2.05) is 62.4 Å². The molecule has 0 fully saturated rings. The van der Waals surface area contributed by atoms with Gasteiger partial charge in [0.05, 0.1) is 0 Å². The Labute approximate surface area is 141 Å². The van der Waals surface area contributed by atoms with Gasteiger partial charge in [-0.1, -0.05) is 48.5 Å². The van der Waals surface area contributed by atoms with E-state index >= 15 is 0 Å². The van der Waals surface area contributed by atoms with Crippen molar-refractivity contribution in [3.63, 3.8) is 0 Å². The van der Waals surface area contributed by atoms with Crippen LogP contribution in [0.5, 0.6) is 0 Å². The summed E-state index contributed by atoms with van der Waals surface area (Å²) in [6, 6.07) is 13.9. The molecule has 5 heteroatoms. The second-order valence-corrected chi connectivity index (χ2v) is 5.72. The van der Waals surface area contributed by atoms with E-state index in [2.05, 4.69) is 5.32 Å². The monoisotopic (exact) mass is 327 g/mol. The maximum atomic E-state index is 11.8. The van der Waals surface area contributed by atoms with Gasteiger partial charge in [0.25, 0.3) is 0 Å². The minimum Gasteiger partial charge on any atom is -0.480 e. The third-order valence-corrected chi connectivity index (χ3v) is 3.81. The van der Waals surface area contributed by atoms with E-state index in [0.717, 1.165) is 22.3 Å². The van der Waals surface area contributed by atoms with Crippen molar-refractivity contribution in [2.75, 3.05) is 0 Å². The van der Waals surface area contributed by atoms with Gasteiger partial charge < -0.3 is 15.2 Å². The summed E-state index contributed by atoms with van der Waals surface area (Å²) >= 11 is 0. The predicted octanol–water partition coefficient (Wildman–Crippen LogP) is 3.23. The van der Waals surface area contributed by atoms with Gasteiger partial charge in [-0.3, -0.25) is 0 Å². The Kier molecular flexibility index (Phi) is 5.95. The van der Waals surface area contributed by atoms with Gasteiger partial charge in [0, 0.05) is 6.42 Å². The summed E-state index contributed by atoms with van der Waals surface area (Å²) in [7, 11) is 0. The standard InChI is InChI=1S/C19H21NO4/c1-13-8-9-16(10-14(13)2)11-17(18(21)22)20-19(23)24-12-15-6-4-3-5-7-15/h3-10,17H,11-12H2,1-2H3,(H,20,23)(H,21,22)/t17-/m1/s1. The summed E-state index contributed by atoms with van der Waals surface area (Å²) in [5.74, 6) is -1.09. The summed E-state index contributed by atoms with van der Waals surface area (Å²) in [5, 5.41) is 11.7. The average Bonchev–Trinajstić information content (AvgIpc) is 2.56. The van der Waals surface area contributed by atoms with E-state index in [1.54, 1.807) is 0 Å². The number of aryl methyl sites for hydroxylation is 2. The van der Waals surface area contributed by atoms with Crippen LogP contribution in [0.25, 0.3) is 0 Å². The molecule has 1 amide bonds. The zero-order valence-electron chi connectivity index (χ0n) is 13.8. The van der Waals surface area contributed by atoms with Crippen molar-refractivity contribution in [3.05, 3.63) is 70.8 Å². The molecule has 2 aromatic carbocycles. The third-order valence-electron chi connectivity index (χ3n) is 3.81. The van der Waals surface area contributed by atoms with Crippen molar-refractivity contribution in [2.24, 2.45) is 0 Å². The normalized spacial score (nSPS) is 11.6. The number of hydrogen-bond acceptors (Lipinski definition) is 3. The Morgan fingerprint density at radius 3 is 2.38 bits per heavy atom. The molecule has 0 spiro atoms. The van der Waals surface area contributed by atoms with Crippen LogP contribution in [0, 0.1) is 13.8 Å². The first kappa shape index (κ1) is 17.5. The van der Waals surface area contributed by atoms with Gasteiger partial charge in [0.15, 0.2) is 0 Å². The number of amides is 1. The second-order valence-electron chi connectivity index (χ2n) is 5.72. The molecule has 0 aliphatic heterocycles. The van der Waals surface area contributed by atoms with E-state index in [1.165, 1.54) is 0 Å².